The molecule has 0 aromatic rings. The van der Waals surface area contributed by atoms with E-state index in [0.717, 1.165) is 45.6 Å². The summed E-state index contributed by atoms with van der Waals surface area (Å²) in [5, 5.41) is 3.39. The molecular formula is C10H20N2O2. The highest BCUT2D eigenvalue weighted by Gasteiger charge is 2.24. The van der Waals surface area contributed by atoms with Gasteiger partial charge in [0.25, 0.3) is 0 Å². The van der Waals surface area contributed by atoms with Crippen molar-refractivity contribution in [3.63, 3.8) is 0 Å². The summed E-state index contributed by atoms with van der Waals surface area (Å²) in [4.78, 5) is 5.34. The Hall–Kier alpha value is -0.160. The van der Waals surface area contributed by atoms with Crippen molar-refractivity contribution >= 4 is 0 Å². The lowest BCUT2D eigenvalue weighted by Gasteiger charge is -2.24. The van der Waals surface area contributed by atoms with Crippen LogP contribution in [0, 0.1) is 0 Å². The molecule has 0 aliphatic carbocycles. The Labute approximate surface area is 85.3 Å². The summed E-state index contributed by atoms with van der Waals surface area (Å²) < 4.78 is 5.79. The topological polar surface area (TPSA) is 42.5 Å². The second-order valence-corrected chi connectivity index (χ2v) is 4.04. The van der Waals surface area contributed by atoms with E-state index in [2.05, 4.69) is 10.8 Å². The fourth-order valence-electron chi connectivity index (χ4n) is 2.02. The van der Waals surface area contributed by atoms with E-state index in [4.69, 9.17) is 9.57 Å². The molecule has 2 fully saturated rings. The number of nitrogens with one attached hydrogen (secondary N) is 2. The summed E-state index contributed by atoms with van der Waals surface area (Å²) in [6, 6.07) is 0.364. The smallest absolute Gasteiger partial charge is 0.0874 e. The fraction of sp³-hybridized carbons (Fsp3) is 1.00. The van der Waals surface area contributed by atoms with Gasteiger partial charge >= 0.3 is 0 Å². The minimum atomic E-state index is 0.274. The summed E-state index contributed by atoms with van der Waals surface area (Å²) in [5.74, 6) is 0. The molecule has 2 aliphatic rings. The Morgan fingerprint density at radius 1 is 1.07 bits per heavy atom. The van der Waals surface area contributed by atoms with Crippen LogP contribution in [-0.4, -0.2) is 38.4 Å². The molecule has 4 heteroatoms. The number of ether oxygens (including phenoxy) is 1. The van der Waals surface area contributed by atoms with Crippen molar-refractivity contribution in [1.29, 1.82) is 0 Å². The van der Waals surface area contributed by atoms with Crippen molar-refractivity contribution in [2.45, 2.75) is 37.8 Å². The first-order valence-electron chi connectivity index (χ1n) is 5.66. The molecule has 2 atom stereocenters. The minimum absolute atomic E-state index is 0.274. The summed E-state index contributed by atoms with van der Waals surface area (Å²) in [6.07, 6.45) is 4.94. The van der Waals surface area contributed by atoms with Crippen LogP contribution in [-0.2, 0) is 9.57 Å². The third kappa shape index (κ3) is 2.92. The van der Waals surface area contributed by atoms with Crippen molar-refractivity contribution < 1.29 is 9.57 Å². The predicted molar refractivity (Wildman–Crippen MR) is 54.0 cm³/mol. The molecule has 14 heavy (non-hydrogen) atoms. The average molecular weight is 200 g/mol. The molecule has 2 rings (SSSR count). The average Bonchev–Trinajstić information content (AvgIpc) is 2.62. The first-order valence-corrected chi connectivity index (χ1v) is 5.66. The second-order valence-electron chi connectivity index (χ2n) is 4.04. The van der Waals surface area contributed by atoms with E-state index < -0.39 is 0 Å². The van der Waals surface area contributed by atoms with Gasteiger partial charge in [0.15, 0.2) is 0 Å². The summed E-state index contributed by atoms with van der Waals surface area (Å²) in [6.45, 7) is 3.72. The van der Waals surface area contributed by atoms with Gasteiger partial charge in [0.05, 0.1) is 18.8 Å². The maximum atomic E-state index is 5.79. The molecule has 2 unspecified atom stereocenters. The molecule has 0 aromatic heterocycles. The first kappa shape index (κ1) is 10.4. The van der Waals surface area contributed by atoms with Crippen LogP contribution >= 0.6 is 0 Å². The molecule has 0 aromatic carbocycles. The Balaban J connectivity index is 1.83. The zero-order valence-electron chi connectivity index (χ0n) is 8.63. The molecule has 82 valence electrons. The highest BCUT2D eigenvalue weighted by molar-refractivity contribution is 4.79. The van der Waals surface area contributed by atoms with Gasteiger partial charge < -0.3 is 14.9 Å². The van der Waals surface area contributed by atoms with Gasteiger partial charge in [-0.05, 0) is 32.2 Å². The molecule has 4 nitrogen and oxygen atoms in total. The van der Waals surface area contributed by atoms with E-state index in [0.29, 0.717) is 6.04 Å². The number of hydrogen-bond acceptors (Lipinski definition) is 4. The van der Waals surface area contributed by atoms with Gasteiger partial charge in [0, 0.05) is 13.2 Å². The fourth-order valence-corrected chi connectivity index (χ4v) is 2.02. The van der Waals surface area contributed by atoms with Gasteiger partial charge in [-0.2, -0.15) is 5.48 Å². The van der Waals surface area contributed by atoms with Crippen LogP contribution in [0.1, 0.15) is 25.7 Å². The molecule has 0 amide bonds. The molecule has 0 bridgehead atoms. The molecule has 0 saturated carbocycles. The lowest BCUT2D eigenvalue weighted by Crippen LogP contribution is -2.44. The highest BCUT2D eigenvalue weighted by Crippen LogP contribution is 2.13. The zero-order chi connectivity index (χ0) is 9.64. The quantitative estimate of drug-likeness (QED) is 0.644. The van der Waals surface area contributed by atoms with Gasteiger partial charge in [-0.15, -0.1) is 0 Å². The van der Waals surface area contributed by atoms with Gasteiger partial charge in [0.2, 0.25) is 0 Å². The molecule has 2 saturated heterocycles. The lowest BCUT2D eigenvalue weighted by molar-refractivity contribution is -0.0345. The van der Waals surface area contributed by atoms with E-state index in [1.54, 1.807) is 0 Å². The Bertz CT molecular complexity index is 132. The first-order chi connectivity index (χ1) is 6.97. The summed E-state index contributed by atoms with van der Waals surface area (Å²) >= 11 is 0. The van der Waals surface area contributed by atoms with Crippen LogP contribution in [0.5, 0.6) is 0 Å². The highest BCUT2D eigenvalue weighted by atomic mass is 16.6. The third-order valence-electron chi connectivity index (χ3n) is 2.87. The van der Waals surface area contributed by atoms with Crippen molar-refractivity contribution in [2.75, 3.05) is 26.3 Å². The monoisotopic (exact) mass is 200 g/mol. The van der Waals surface area contributed by atoms with E-state index in [1.807, 2.05) is 0 Å². The van der Waals surface area contributed by atoms with Gasteiger partial charge in [-0.25, -0.2) is 0 Å². The number of hydrogen-bond donors (Lipinski definition) is 2. The summed E-state index contributed by atoms with van der Waals surface area (Å²) in [7, 11) is 0. The number of rotatable bonds is 1. The normalized spacial score (nSPS) is 36.0. The molecule has 2 N–H and O–H groups in total. The molecule has 2 aliphatic heterocycles. The zero-order valence-corrected chi connectivity index (χ0v) is 8.63. The predicted octanol–water partition coefficient (Wildman–Crippen LogP) is 0.439. The van der Waals surface area contributed by atoms with Crippen LogP contribution in [0.15, 0.2) is 0 Å². The molecular weight excluding hydrogens is 180 g/mol. The SMILES string of the molecule is C1CCC(C2CNCCCO2)NOC1. The largest absolute Gasteiger partial charge is 0.375 e. The van der Waals surface area contributed by atoms with Gasteiger partial charge in [-0.3, -0.25) is 0 Å². The van der Waals surface area contributed by atoms with Crippen molar-refractivity contribution in [2.24, 2.45) is 0 Å². The number of hydroxylamine groups is 1. The van der Waals surface area contributed by atoms with Crippen LogP contribution in [0.2, 0.25) is 0 Å². The van der Waals surface area contributed by atoms with Crippen molar-refractivity contribution in [1.82, 2.24) is 10.8 Å². The van der Waals surface area contributed by atoms with E-state index in [9.17, 15) is 0 Å². The maximum Gasteiger partial charge on any atom is 0.0874 e. The van der Waals surface area contributed by atoms with Crippen molar-refractivity contribution in [3.05, 3.63) is 0 Å². The Kier molecular flexibility index (Phi) is 4.19. The van der Waals surface area contributed by atoms with E-state index >= 15 is 0 Å². The summed E-state index contributed by atoms with van der Waals surface area (Å²) in [5.41, 5.74) is 3.11. The minimum Gasteiger partial charge on any atom is -0.375 e. The second kappa shape index (κ2) is 5.66. The van der Waals surface area contributed by atoms with Crippen LogP contribution < -0.4 is 10.8 Å². The van der Waals surface area contributed by atoms with Gasteiger partial charge in [0.1, 0.15) is 0 Å². The molecule has 0 radical (unpaired) electrons. The van der Waals surface area contributed by atoms with E-state index in [1.165, 1.54) is 6.42 Å². The third-order valence-corrected chi connectivity index (χ3v) is 2.87. The van der Waals surface area contributed by atoms with Crippen LogP contribution in [0.25, 0.3) is 0 Å². The Morgan fingerprint density at radius 2 is 2.07 bits per heavy atom. The lowest BCUT2D eigenvalue weighted by atomic mass is 10.1. The van der Waals surface area contributed by atoms with Crippen LogP contribution in [0.3, 0.4) is 0 Å². The van der Waals surface area contributed by atoms with Crippen molar-refractivity contribution in [3.8, 4) is 0 Å². The van der Waals surface area contributed by atoms with Crippen LogP contribution in [0.4, 0.5) is 0 Å². The standard InChI is InChI=1S/C10H20N2O2/c1-2-7-14-12-9(4-1)10-8-11-5-3-6-13-10/h9-12H,1-8H2. The Morgan fingerprint density at radius 3 is 3.07 bits per heavy atom. The maximum absolute atomic E-state index is 5.79. The van der Waals surface area contributed by atoms with E-state index in [-0.39, 0.29) is 6.10 Å². The van der Waals surface area contributed by atoms with Gasteiger partial charge in [-0.1, -0.05) is 0 Å². The molecule has 2 heterocycles. The molecule has 0 spiro atoms.